The largest absolute Gasteiger partial charge is 0.496 e. The van der Waals surface area contributed by atoms with E-state index < -0.39 is 35.2 Å². The Kier molecular flexibility index (Phi) is 4.47. The molecule has 8 heteroatoms. The standard InChI is InChI=1S/C17H17ClF3NO3/c1-25-11-4-2-3-10(18)12(11)13-14(23)16(22-15(13)24)7-5-9(6-8-16)17(19,20)21/h2-4,9,13H,5-8H2,1H3,(H,22,24). The predicted molar refractivity (Wildman–Crippen MR) is 84.6 cm³/mol. The Morgan fingerprint density at radius 1 is 1.24 bits per heavy atom. The van der Waals surface area contributed by atoms with Crippen molar-refractivity contribution in [3.8, 4) is 5.75 Å². The highest BCUT2D eigenvalue weighted by atomic mass is 35.5. The van der Waals surface area contributed by atoms with Crippen LogP contribution < -0.4 is 10.1 Å². The molecular formula is C17H17ClF3NO3. The zero-order chi connectivity index (χ0) is 18.4. The van der Waals surface area contributed by atoms with Crippen molar-refractivity contribution in [1.29, 1.82) is 0 Å². The number of carbonyl (C=O) groups excluding carboxylic acids is 2. The van der Waals surface area contributed by atoms with E-state index in [0.717, 1.165) is 0 Å². The lowest BCUT2D eigenvalue weighted by Crippen LogP contribution is -2.50. The molecule has 1 aromatic rings. The van der Waals surface area contributed by atoms with Gasteiger partial charge in [0.25, 0.3) is 0 Å². The highest BCUT2D eigenvalue weighted by Crippen LogP contribution is 2.47. The third-order valence-electron chi connectivity index (χ3n) is 5.18. The fourth-order valence-electron chi connectivity index (χ4n) is 3.81. The van der Waals surface area contributed by atoms with Crippen LogP contribution in [0, 0.1) is 5.92 Å². The van der Waals surface area contributed by atoms with Crippen LogP contribution in [0.3, 0.4) is 0 Å². The van der Waals surface area contributed by atoms with Crippen LogP contribution in [0.15, 0.2) is 18.2 Å². The number of methoxy groups -OCH3 is 1. The number of ketones is 1. The smallest absolute Gasteiger partial charge is 0.391 e. The number of nitrogens with one attached hydrogen (secondary N) is 1. The van der Waals surface area contributed by atoms with Crippen molar-refractivity contribution < 1.29 is 27.5 Å². The minimum absolute atomic E-state index is 0.0228. The maximum Gasteiger partial charge on any atom is 0.391 e. The monoisotopic (exact) mass is 375 g/mol. The Morgan fingerprint density at radius 2 is 1.88 bits per heavy atom. The van der Waals surface area contributed by atoms with Gasteiger partial charge in [0.2, 0.25) is 5.91 Å². The van der Waals surface area contributed by atoms with E-state index in [9.17, 15) is 22.8 Å². The Morgan fingerprint density at radius 3 is 2.44 bits per heavy atom. The van der Waals surface area contributed by atoms with E-state index in [-0.39, 0.29) is 36.3 Å². The molecule has 1 aliphatic heterocycles. The van der Waals surface area contributed by atoms with Gasteiger partial charge in [0.15, 0.2) is 5.78 Å². The van der Waals surface area contributed by atoms with Crippen LogP contribution in [0.5, 0.6) is 5.75 Å². The highest BCUT2D eigenvalue weighted by Gasteiger charge is 2.57. The molecule has 1 aliphatic carbocycles. The molecular weight excluding hydrogens is 359 g/mol. The topological polar surface area (TPSA) is 55.4 Å². The summed E-state index contributed by atoms with van der Waals surface area (Å²) in [7, 11) is 1.40. The maximum absolute atomic E-state index is 13.0. The second kappa shape index (κ2) is 6.20. The van der Waals surface area contributed by atoms with Crippen LogP contribution in [-0.4, -0.2) is 30.5 Å². The molecule has 25 heavy (non-hydrogen) atoms. The molecule has 1 amide bonds. The maximum atomic E-state index is 13.0. The average molecular weight is 376 g/mol. The first-order valence-electron chi connectivity index (χ1n) is 7.95. The lowest BCUT2D eigenvalue weighted by Gasteiger charge is -2.36. The highest BCUT2D eigenvalue weighted by molar-refractivity contribution is 6.33. The number of amides is 1. The van der Waals surface area contributed by atoms with Crippen molar-refractivity contribution in [2.75, 3.05) is 7.11 Å². The molecule has 1 saturated carbocycles. The molecule has 4 nitrogen and oxygen atoms in total. The number of alkyl halides is 3. The van der Waals surface area contributed by atoms with Gasteiger partial charge in [-0.3, -0.25) is 9.59 Å². The molecule has 0 aromatic heterocycles. The van der Waals surface area contributed by atoms with Crippen molar-refractivity contribution in [2.24, 2.45) is 5.92 Å². The van der Waals surface area contributed by atoms with Gasteiger partial charge >= 0.3 is 6.18 Å². The van der Waals surface area contributed by atoms with Gasteiger partial charge in [-0.1, -0.05) is 17.7 Å². The van der Waals surface area contributed by atoms with Crippen molar-refractivity contribution in [1.82, 2.24) is 5.32 Å². The zero-order valence-electron chi connectivity index (χ0n) is 13.5. The summed E-state index contributed by atoms with van der Waals surface area (Å²) in [4.78, 5) is 25.5. The SMILES string of the molecule is COc1cccc(Cl)c1C1C(=O)NC2(CCC(C(F)(F)F)CC2)C1=O. The van der Waals surface area contributed by atoms with Crippen LogP contribution in [0.1, 0.15) is 37.2 Å². The van der Waals surface area contributed by atoms with Crippen molar-refractivity contribution in [2.45, 2.75) is 43.3 Å². The third-order valence-corrected chi connectivity index (χ3v) is 5.51. The minimum Gasteiger partial charge on any atom is -0.496 e. The van der Waals surface area contributed by atoms with Crippen LogP contribution in [0.2, 0.25) is 5.02 Å². The van der Waals surface area contributed by atoms with Gasteiger partial charge in [0.05, 0.1) is 18.6 Å². The Balaban J connectivity index is 1.90. The minimum atomic E-state index is -4.28. The number of hydrogen-bond donors (Lipinski definition) is 1. The number of carbonyl (C=O) groups is 2. The molecule has 136 valence electrons. The molecule has 0 radical (unpaired) electrons. The first kappa shape index (κ1) is 18.0. The molecule has 1 heterocycles. The molecule has 1 atom stereocenters. The van der Waals surface area contributed by atoms with Crippen molar-refractivity contribution in [3.05, 3.63) is 28.8 Å². The number of halogens is 4. The normalized spacial score (nSPS) is 29.8. The van der Waals surface area contributed by atoms with E-state index in [4.69, 9.17) is 16.3 Å². The first-order valence-corrected chi connectivity index (χ1v) is 8.33. The van der Waals surface area contributed by atoms with Gasteiger partial charge < -0.3 is 10.1 Å². The fourth-order valence-corrected chi connectivity index (χ4v) is 4.09. The second-order valence-corrected chi connectivity index (χ2v) is 6.95. The van der Waals surface area contributed by atoms with Gasteiger partial charge in [0.1, 0.15) is 11.7 Å². The average Bonchev–Trinajstić information content (AvgIpc) is 2.77. The number of rotatable bonds is 2. The van der Waals surface area contributed by atoms with Gasteiger partial charge in [-0.2, -0.15) is 13.2 Å². The van der Waals surface area contributed by atoms with Crippen molar-refractivity contribution >= 4 is 23.3 Å². The van der Waals surface area contributed by atoms with Crippen LogP contribution in [0.4, 0.5) is 13.2 Å². The summed E-state index contributed by atoms with van der Waals surface area (Å²) >= 11 is 6.17. The zero-order valence-corrected chi connectivity index (χ0v) is 14.2. The summed E-state index contributed by atoms with van der Waals surface area (Å²) in [5.41, 5.74) is -0.975. The summed E-state index contributed by atoms with van der Waals surface area (Å²) in [6.45, 7) is 0. The number of hydrogen-bond acceptors (Lipinski definition) is 3. The lowest BCUT2D eigenvalue weighted by atomic mass is 9.73. The van der Waals surface area contributed by atoms with Gasteiger partial charge in [-0.05, 0) is 37.8 Å². The first-order chi connectivity index (χ1) is 11.7. The molecule has 0 bridgehead atoms. The van der Waals surface area contributed by atoms with Gasteiger partial charge in [0, 0.05) is 10.6 Å². The Labute approximate surface area is 147 Å². The Hall–Kier alpha value is -1.76. The molecule has 3 rings (SSSR count). The van der Waals surface area contributed by atoms with Gasteiger partial charge in [-0.25, -0.2) is 0 Å². The van der Waals surface area contributed by atoms with Crippen LogP contribution >= 0.6 is 11.6 Å². The van der Waals surface area contributed by atoms with E-state index in [1.54, 1.807) is 18.2 Å². The summed E-state index contributed by atoms with van der Waals surface area (Å²) in [5, 5.41) is 2.86. The molecule has 1 N–H and O–H groups in total. The third kappa shape index (κ3) is 2.99. The number of ether oxygens (including phenoxy) is 1. The summed E-state index contributed by atoms with van der Waals surface area (Å²) < 4.78 is 43.8. The van der Waals surface area contributed by atoms with Gasteiger partial charge in [-0.15, -0.1) is 0 Å². The van der Waals surface area contributed by atoms with E-state index in [0.29, 0.717) is 5.75 Å². The summed E-state index contributed by atoms with van der Waals surface area (Å²) in [5.74, 6) is -3.25. The molecule has 1 saturated heterocycles. The quantitative estimate of drug-likeness (QED) is 0.803. The molecule has 2 fully saturated rings. The predicted octanol–water partition coefficient (Wildman–Crippen LogP) is 3.62. The van der Waals surface area contributed by atoms with E-state index in [1.165, 1.54) is 7.11 Å². The van der Waals surface area contributed by atoms with Crippen LogP contribution in [0.25, 0.3) is 0 Å². The summed E-state index contributed by atoms with van der Waals surface area (Å²) in [6, 6.07) is 4.77. The lowest BCUT2D eigenvalue weighted by molar-refractivity contribution is -0.185. The molecule has 1 unspecified atom stereocenters. The van der Waals surface area contributed by atoms with E-state index in [2.05, 4.69) is 5.32 Å². The summed E-state index contributed by atoms with van der Waals surface area (Å²) in [6.07, 6.45) is -4.68. The van der Waals surface area contributed by atoms with Crippen LogP contribution in [-0.2, 0) is 9.59 Å². The molecule has 2 aliphatic rings. The Bertz CT molecular complexity index is 712. The van der Waals surface area contributed by atoms with E-state index in [1.807, 2.05) is 0 Å². The second-order valence-electron chi connectivity index (χ2n) is 6.54. The molecule has 1 aromatic carbocycles. The molecule has 1 spiro atoms. The van der Waals surface area contributed by atoms with Crippen molar-refractivity contribution in [3.63, 3.8) is 0 Å². The number of benzene rings is 1. The fraction of sp³-hybridized carbons (Fsp3) is 0.529. The van der Waals surface area contributed by atoms with E-state index >= 15 is 0 Å². The number of Topliss-reactive ketones (excluding diaryl/α,β-unsaturated/α-hetero) is 1.